The topological polar surface area (TPSA) is 69.7 Å². The molecule has 6 nitrogen and oxygen atoms in total. The molecule has 0 spiro atoms. The van der Waals surface area contributed by atoms with Gasteiger partial charge in [-0.3, -0.25) is 19.3 Å². The summed E-state index contributed by atoms with van der Waals surface area (Å²) < 4.78 is 0. The summed E-state index contributed by atoms with van der Waals surface area (Å²) in [6.07, 6.45) is 2.81. The van der Waals surface area contributed by atoms with Crippen molar-refractivity contribution in [1.29, 1.82) is 0 Å². The normalized spacial score (nSPS) is 17.7. The van der Waals surface area contributed by atoms with Gasteiger partial charge in [0.2, 0.25) is 5.91 Å². The Kier molecular flexibility index (Phi) is 4.88. The van der Waals surface area contributed by atoms with Crippen LogP contribution in [0.1, 0.15) is 38.7 Å². The summed E-state index contributed by atoms with van der Waals surface area (Å²) in [4.78, 5) is 40.3. The summed E-state index contributed by atoms with van der Waals surface area (Å²) in [6.45, 7) is 5.45. The number of hydrogen-bond donors (Lipinski definition) is 1. The second-order valence-corrected chi connectivity index (χ2v) is 6.44. The smallest absolute Gasteiger partial charge is 0.277 e. The molecule has 1 fully saturated rings. The number of anilines is 1. The largest absolute Gasteiger partial charge is 0.366 e. The molecule has 2 aliphatic rings. The van der Waals surface area contributed by atoms with Crippen LogP contribution in [0, 0.1) is 0 Å². The van der Waals surface area contributed by atoms with E-state index >= 15 is 0 Å². The Morgan fingerprint density at radius 3 is 2.28 bits per heavy atom. The number of likely N-dealkylation sites (tertiary alicyclic amines) is 1. The van der Waals surface area contributed by atoms with Gasteiger partial charge in [-0.05, 0) is 37.0 Å². The van der Waals surface area contributed by atoms with E-state index in [1.165, 1.54) is 11.8 Å². The van der Waals surface area contributed by atoms with Gasteiger partial charge in [-0.1, -0.05) is 19.1 Å². The maximum atomic E-state index is 12.9. The maximum Gasteiger partial charge on any atom is 0.277 e. The summed E-state index contributed by atoms with van der Waals surface area (Å²) in [5, 5.41) is 2.71. The van der Waals surface area contributed by atoms with Crippen molar-refractivity contribution in [2.75, 3.05) is 25.0 Å². The van der Waals surface area contributed by atoms with Crippen LogP contribution in [-0.2, 0) is 14.4 Å². The van der Waals surface area contributed by atoms with Crippen LogP contribution in [0.4, 0.5) is 5.69 Å². The Labute approximate surface area is 147 Å². The minimum Gasteiger partial charge on any atom is -0.366 e. The van der Waals surface area contributed by atoms with E-state index in [2.05, 4.69) is 5.32 Å². The third-order valence-corrected chi connectivity index (χ3v) is 4.51. The van der Waals surface area contributed by atoms with Crippen LogP contribution in [0.2, 0.25) is 0 Å². The van der Waals surface area contributed by atoms with E-state index in [1.54, 1.807) is 24.3 Å². The number of carbonyl (C=O) groups is 3. The second-order valence-electron chi connectivity index (χ2n) is 6.44. The highest BCUT2D eigenvalue weighted by Gasteiger charge is 2.41. The molecule has 1 saturated heterocycles. The highest BCUT2D eigenvalue weighted by atomic mass is 16.2. The summed E-state index contributed by atoms with van der Waals surface area (Å²) in [5.74, 6) is -0.554. The Morgan fingerprint density at radius 1 is 1.08 bits per heavy atom. The van der Waals surface area contributed by atoms with Gasteiger partial charge in [-0.2, -0.15) is 0 Å². The molecule has 1 aromatic rings. The van der Waals surface area contributed by atoms with Crippen molar-refractivity contribution in [1.82, 2.24) is 9.80 Å². The van der Waals surface area contributed by atoms with Crippen LogP contribution in [0.3, 0.4) is 0 Å². The van der Waals surface area contributed by atoms with Crippen LogP contribution in [-0.4, -0.2) is 47.2 Å². The van der Waals surface area contributed by atoms with Gasteiger partial charge in [0.05, 0.1) is 5.57 Å². The van der Waals surface area contributed by atoms with Crippen molar-refractivity contribution in [3.63, 3.8) is 0 Å². The van der Waals surface area contributed by atoms with E-state index in [9.17, 15) is 14.4 Å². The lowest BCUT2D eigenvalue weighted by atomic mass is 10.0. The first-order valence-corrected chi connectivity index (χ1v) is 8.76. The van der Waals surface area contributed by atoms with Crippen molar-refractivity contribution >= 4 is 29.0 Å². The van der Waals surface area contributed by atoms with Gasteiger partial charge in [0.15, 0.2) is 0 Å². The molecule has 0 unspecified atom stereocenters. The van der Waals surface area contributed by atoms with Crippen LogP contribution in [0.25, 0.3) is 5.57 Å². The van der Waals surface area contributed by atoms with Gasteiger partial charge in [-0.15, -0.1) is 0 Å². The number of rotatable bonds is 5. The highest BCUT2D eigenvalue weighted by Crippen LogP contribution is 2.33. The number of amides is 3. The minimum atomic E-state index is -0.221. The lowest BCUT2D eigenvalue weighted by molar-refractivity contribution is -0.137. The molecule has 0 saturated carbocycles. The monoisotopic (exact) mass is 341 g/mol. The lowest BCUT2D eigenvalue weighted by Gasteiger charge is -2.20. The van der Waals surface area contributed by atoms with Gasteiger partial charge in [0.1, 0.15) is 5.70 Å². The average Bonchev–Trinajstić information content (AvgIpc) is 3.17. The third-order valence-electron chi connectivity index (χ3n) is 4.51. The zero-order chi connectivity index (χ0) is 18.0. The van der Waals surface area contributed by atoms with Crippen molar-refractivity contribution in [3.8, 4) is 0 Å². The molecule has 132 valence electrons. The quantitative estimate of drug-likeness (QED) is 0.834. The highest BCUT2D eigenvalue weighted by molar-refractivity contribution is 6.35. The first-order valence-electron chi connectivity index (χ1n) is 8.76. The molecular formula is C19H23N3O3. The Morgan fingerprint density at radius 2 is 1.72 bits per heavy atom. The van der Waals surface area contributed by atoms with Crippen LogP contribution in [0.15, 0.2) is 30.0 Å². The molecule has 0 atom stereocenters. The fraction of sp³-hybridized carbons (Fsp3) is 0.421. The zero-order valence-electron chi connectivity index (χ0n) is 14.7. The van der Waals surface area contributed by atoms with Crippen LogP contribution >= 0.6 is 0 Å². The van der Waals surface area contributed by atoms with Crippen LogP contribution in [0.5, 0.6) is 0 Å². The van der Waals surface area contributed by atoms with Gasteiger partial charge in [0.25, 0.3) is 11.8 Å². The fourth-order valence-corrected chi connectivity index (χ4v) is 3.41. The molecule has 3 amide bonds. The summed E-state index contributed by atoms with van der Waals surface area (Å²) in [6, 6.07) is 7.09. The van der Waals surface area contributed by atoms with E-state index in [0.29, 0.717) is 29.1 Å². The first-order chi connectivity index (χ1) is 12.0. The molecule has 2 aliphatic heterocycles. The fourth-order valence-electron chi connectivity index (χ4n) is 3.41. The molecule has 6 heteroatoms. The number of hydrogen-bond acceptors (Lipinski definition) is 4. The van der Waals surface area contributed by atoms with E-state index in [4.69, 9.17) is 0 Å². The number of nitrogens with zero attached hydrogens (tertiary/aromatic N) is 2. The van der Waals surface area contributed by atoms with E-state index < -0.39 is 0 Å². The third kappa shape index (κ3) is 3.29. The Balaban J connectivity index is 2.00. The van der Waals surface area contributed by atoms with Gasteiger partial charge in [0, 0.05) is 32.2 Å². The zero-order valence-corrected chi connectivity index (χ0v) is 14.7. The van der Waals surface area contributed by atoms with Crippen molar-refractivity contribution < 1.29 is 14.4 Å². The van der Waals surface area contributed by atoms with Crippen molar-refractivity contribution in [2.45, 2.75) is 33.1 Å². The SMILES string of the molecule is CCCN1C(=O)C(c2ccc(NC(C)=O)cc2)=C(N2CCCC2)C1=O. The Bertz CT molecular complexity index is 731. The number of carbonyl (C=O) groups excluding carboxylic acids is 3. The number of benzene rings is 1. The molecule has 0 bridgehead atoms. The molecular weight excluding hydrogens is 318 g/mol. The lowest BCUT2D eigenvalue weighted by Crippen LogP contribution is -2.35. The first kappa shape index (κ1) is 17.2. The summed E-state index contributed by atoms with van der Waals surface area (Å²) >= 11 is 0. The molecule has 1 N–H and O–H groups in total. The van der Waals surface area contributed by atoms with Crippen molar-refractivity contribution in [2.24, 2.45) is 0 Å². The van der Waals surface area contributed by atoms with Gasteiger partial charge in [-0.25, -0.2) is 0 Å². The van der Waals surface area contributed by atoms with E-state index in [-0.39, 0.29) is 17.7 Å². The molecule has 0 radical (unpaired) electrons. The van der Waals surface area contributed by atoms with Gasteiger partial charge >= 0.3 is 0 Å². The minimum absolute atomic E-state index is 0.147. The summed E-state index contributed by atoms with van der Waals surface area (Å²) in [5.41, 5.74) is 2.40. The molecule has 0 aromatic heterocycles. The predicted molar refractivity (Wildman–Crippen MR) is 95.5 cm³/mol. The molecule has 3 rings (SSSR count). The summed E-state index contributed by atoms with van der Waals surface area (Å²) in [7, 11) is 0. The predicted octanol–water partition coefficient (Wildman–Crippen LogP) is 2.23. The molecule has 2 heterocycles. The van der Waals surface area contributed by atoms with Crippen LogP contribution < -0.4 is 5.32 Å². The molecule has 25 heavy (non-hydrogen) atoms. The average molecular weight is 341 g/mol. The molecule has 0 aliphatic carbocycles. The standard InChI is InChI=1S/C19H23N3O3/c1-3-10-22-18(24)16(17(19(22)25)21-11-4-5-12-21)14-6-8-15(9-7-14)20-13(2)23/h6-9H,3-5,10-12H2,1-2H3,(H,20,23). The number of nitrogens with one attached hydrogen (secondary N) is 1. The van der Waals surface area contributed by atoms with E-state index in [1.807, 2.05) is 11.8 Å². The van der Waals surface area contributed by atoms with E-state index in [0.717, 1.165) is 32.4 Å². The Hall–Kier alpha value is -2.63. The number of imide groups is 1. The molecule has 1 aromatic carbocycles. The van der Waals surface area contributed by atoms with Crippen molar-refractivity contribution in [3.05, 3.63) is 35.5 Å². The maximum absolute atomic E-state index is 12.9. The van der Waals surface area contributed by atoms with Gasteiger partial charge < -0.3 is 10.2 Å². The second kappa shape index (κ2) is 7.09.